The molecule has 1 aromatic rings. The zero-order valence-electron chi connectivity index (χ0n) is 11.0. The van der Waals surface area contributed by atoms with Gasteiger partial charge in [0.25, 0.3) is 5.56 Å². The Morgan fingerprint density at radius 1 is 1.40 bits per heavy atom. The summed E-state index contributed by atoms with van der Waals surface area (Å²) in [7, 11) is 0. The number of hydrogen-bond donors (Lipinski definition) is 1. The van der Waals surface area contributed by atoms with E-state index in [9.17, 15) is 22.8 Å². The second kappa shape index (κ2) is 6.08. The zero-order chi connectivity index (χ0) is 15.5. The van der Waals surface area contributed by atoms with Crippen molar-refractivity contribution in [3.8, 4) is 0 Å². The van der Waals surface area contributed by atoms with Gasteiger partial charge in [0, 0.05) is 12.2 Å². The number of carboxylic acids is 1. The number of pyridine rings is 1. The summed E-state index contributed by atoms with van der Waals surface area (Å²) >= 11 is 0. The second-order valence-electron chi connectivity index (χ2n) is 4.27. The van der Waals surface area contributed by atoms with Crippen molar-refractivity contribution < 1.29 is 27.8 Å². The Balaban J connectivity index is 2.88. The molecule has 0 aliphatic rings. The first-order valence-electron chi connectivity index (χ1n) is 5.72. The van der Waals surface area contributed by atoms with Crippen LogP contribution in [0.25, 0.3) is 0 Å². The summed E-state index contributed by atoms with van der Waals surface area (Å²) in [5.74, 6) is -1.36. The summed E-state index contributed by atoms with van der Waals surface area (Å²) in [4.78, 5) is 22.9. The number of halogens is 3. The Labute approximate surface area is 112 Å². The molecule has 0 aliphatic carbocycles. The highest BCUT2D eigenvalue weighted by molar-refractivity contribution is 5.88. The number of carbonyl (C=O) groups is 1. The van der Waals surface area contributed by atoms with Crippen molar-refractivity contribution >= 4 is 5.97 Å². The average molecular weight is 293 g/mol. The van der Waals surface area contributed by atoms with Crippen molar-refractivity contribution in [2.45, 2.75) is 26.6 Å². The highest BCUT2D eigenvalue weighted by Crippen LogP contribution is 2.14. The van der Waals surface area contributed by atoms with Gasteiger partial charge in [0.2, 0.25) is 0 Å². The number of ether oxygens (including phenoxy) is 1. The second-order valence-corrected chi connectivity index (χ2v) is 4.27. The SMILES string of the molecule is Cc1cc(C)n(CCOCC(F)(F)F)c(=O)c1C(=O)O. The van der Waals surface area contributed by atoms with Crippen LogP contribution in [0, 0.1) is 13.8 Å². The van der Waals surface area contributed by atoms with Gasteiger partial charge in [-0.2, -0.15) is 13.2 Å². The predicted molar refractivity (Wildman–Crippen MR) is 64.0 cm³/mol. The molecule has 0 atom stereocenters. The normalized spacial score (nSPS) is 11.7. The fraction of sp³-hybridized carbons (Fsp3) is 0.500. The molecule has 1 aromatic heterocycles. The van der Waals surface area contributed by atoms with Gasteiger partial charge >= 0.3 is 12.1 Å². The van der Waals surface area contributed by atoms with E-state index in [0.717, 1.165) is 4.57 Å². The van der Waals surface area contributed by atoms with Crippen LogP contribution in [0.3, 0.4) is 0 Å². The number of rotatable bonds is 5. The molecular formula is C12H14F3NO4. The molecule has 0 unspecified atom stereocenters. The van der Waals surface area contributed by atoms with Crippen LogP contribution in [0.2, 0.25) is 0 Å². The number of aryl methyl sites for hydroxylation is 2. The van der Waals surface area contributed by atoms with Crippen LogP contribution < -0.4 is 5.56 Å². The minimum absolute atomic E-state index is 0.138. The minimum Gasteiger partial charge on any atom is -0.477 e. The van der Waals surface area contributed by atoms with Crippen LogP contribution in [0.5, 0.6) is 0 Å². The van der Waals surface area contributed by atoms with E-state index in [0.29, 0.717) is 11.3 Å². The fourth-order valence-electron chi connectivity index (χ4n) is 1.81. The summed E-state index contributed by atoms with van der Waals surface area (Å²) in [5, 5.41) is 8.95. The number of alkyl halides is 3. The van der Waals surface area contributed by atoms with Crippen molar-refractivity contribution in [2.24, 2.45) is 0 Å². The smallest absolute Gasteiger partial charge is 0.411 e. The first kappa shape index (κ1) is 16.2. The summed E-state index contributed by atoms with van der Waals surface area (Å²) in [6.07, 6.45) is -4.43. The molecule has 1 heterocycles. The van der Waals surface area contributed by atoms with Gasteiger partial charge in [-0.25, -0.2) is 4.79 Å². The highest BCUT2D eigenvalue weighted by Gasteiger charge is 2.27. The van der Waals surface area contributed by atoms with E-state index in [4.69, 9.17) is 5.11 Å². The molecule has 0 aromatic carbocycles. The molecule has 5 nitrogen and oxygen atoms in total. The van der Waals surface area contributed by atoms with Crippen molar-refractivity contribution in [3.63, 3.8) is 0 Å². The van der Waals surface area contributed by atoms with Gasteiger partial charge in [-0.3, -0.25) is 4.79 Å². The van der Waals surface area contributed by atoms with Crippen molar-refractivity contribution in [3.05, 3.63) is 33.2 Å². The lowest BCUT2D eigenvalue weighted by Gasteiger charge is -2.13. The summed E-state index contributed by atoms with van der Waals surface area (Å²) < 4.78 is 41.2. The van der Waals surface area contributed by atoms with E-state index in [1.54, 1.807) is 6.92 Å². The average Bonchev–Trinajstić information content (AvgIpc) is 2.24. The van der Waals surface area contributed by atoms with Gasteiger partial charge < -0.3 is 14.4 Å². The molecule has 8 heteroatoms. The van der Waals surface area contributed by atoms with E-state index >= 15 is 0 Å². The number of carboxylic acid groups (broad SMARTS) is 1. The number of hydrogen-bond acceptors (Lipinski definition) is 3. The quantitative estimate of drug-likeness (QED) is 0.840. The Kier molecular flexibility index (Phi) is 4.93. The Bertz CT molecular complexity index is 563. The third kappa shape index (κ3) is 4.09. The van der Waals surface area contributed by atoms with Crippen molar-refractivity contribution in [1.29, 1.82) is 0 Å². The Hall–Kier alpha value is -1.83. The number of aromatic carboxylic acids is 1. The highest BCUT2D eigenvalue weighted by atomic mass is 19.4. The molecule has 0 amide bonds. The van der Waals surface area contributed by atoms with Gasteiger partial charge in [0.1, 0.15) is 12.2 Å². The number of nitrogens with zero attached hydrogens (tertiary/aromatic N) is 1. The third-order valence-corrected chi connectivity index (χ3v) is 2.64. The lowest BCUT2D eigenvalue weighted by Crippen LogP contribution is -2.31. The van der Waals surface area contributed by atoms with Crippen molar-refractivity contribution in [2.75, 3.05) is 13.2 Å². The lowest BCUT2D eigenvalue weighted by molar-refractivity contribution is -0.174. The topological polar surface area (TPSA) is 68.5 Å². The van der Waals surface area contributed by atoms with Crippen LogP contribution in [0.1, 0.15) is 21.6 Å². The minimum atomic E-state index is -4.43. The Morgan fingerprint density at radius 3 is 2.50 bits per heavy atom. The molecule has 0 bridgehead atoms. The van der Waals surface area contributed by atoms with Crippen molar-refractivity contribution in [1.82, 2.24) is 4.57 Å². The lowest BCUT2D eigenvalue weighted by atomic mass is 10.1. The van der Waals surface area contributed by atoms with E-state index in [-0.39, 0.29) is 18.7 Å². The molecule has 0 fully saturated rings. The zero-order valence-corrected chi connectivity index (χ0v) is 11.0. The van der Waals surface area contributed by atoms with E-state index in [2.05, 4.69) is 4.74 Å². The first-order valence-corrected chi connectivity index (χ1v) is 5.72. The van der Waals surface area contributed by atoms with E-state index in [1.165, 1.54) is 13.0 Å². The molecular weight excluding hydrogens is 279 g/mol. The first-order chi connectivity index (χ1) is 9.13. The van der Waals surface area contributed by atoms with Crippen LogP contribution in [-0.2, 0) is 11.3 Å². The fourth-order valence-corrected chi connectivity index (χ4v) is 1.81. The summed E-state index contributed by atoms with van der Waals surface area (Å²) in [6, 6.07) is 1.49. The van der Waals surface area contributed by atoms with Crippen LogP contribution in [0.4, 0.5) is 13.2 Å². The summed E-state index contributed by atoms with van der Waals surface area (Å²) in [6.45, 7) is 1.19. The molecule has 0 saturated carbocycles. The molecule has 0 radical (unpaired) electrons. The van der Waals surface area contributed by atoms with Gasteiger partial charge in [0.05, 0.1) is 6.61 Å². The summed E-state index contributed by atoms with van der Waals surface area (Å²) in [5.41, 5.74) is -0.349. The molecule has 0 aliphatic heterocycles. The maximum absolute atomic E-state index is 11.9. The third-order valence-electron chi connectivity index (χ3n) is 2.64. The maximum atomic E-state index is 11.9. The molecule has 20 heavy (non-hydrogen) atoms. The Morgan fingerprint density at radius 2 is 2.00 bits per heavy atom. The van der Waals surface area contributed by atoms with Gasteiger partial charge in [-0.1, -0.05) is 0 Å². The van der Waals surface area contributed by atoms with Crippen LogP contribution in [-0.4, -0.2) is 35.0 Å². The molecule has 0 saturated heterocycles. The predicted octanol–water partition coefficient (Wildman–Crippen LogP) is 1.74. The van der Waals surface area contributed by atoms with Gasteiger partial charge in [-0.05, 0) is 25.5 Å². The molecule has 1 rings (SSSR count). The van der Waals surface area contributed by atoms with E-state index < -0.39 is 24.3 Å². The largest absolute Gasteiger partial charge is 0.477 e. The standard InChI is InChI=1S/C12H14F3NO4/c1-7-5-8(2)16(10(17)9(7)11(18)19)3-4-20-6-12(13,14)15/h5H,3-4,6H2,1-2H3,(H,18,19). The number of aromatic nitrogens is 1. The van der Waals surface area contributed by atoms with Crippen LogP contribution >= 0.6 is 0 Å². The maximum Gasteiger partial charge on any atom is 0.411 e. The van der Waals surface area contributed by atoms with E-state index in [1.807, 2.05) is 0 Å². The molecule has 0 spiro atoms. The molecule has 1 N–H and O–H groups in total. The van der Waals surface area contributed by atoms with Gasteiger partial charge in [-0.15, -0.1) is 0 Å². The van der Waals surface area contributed by atoms with Gasteiger partial charge in [0.15, 0.2) is 0 Å². The monoisotopic (exact) mass is 293 g/mol. The molecule has 112 valence electrons. The van der Waals surface area contributed by atoms with Crippen LogP contribution in [0.15, 0.2) is 10.9 Å².